The first kappa shape index (κ1) is 20.7. The van der Waals surface area contributed by atoms with Crippen molar-refractivity contribution in [1.82, 2.24) is 4.98 Å². The largest absolute Gasteiger partial charge is 0.573 e. The van der Waals surface area contributed by atoms with Crippen molar-refractivity contribution in [3.05, 3.63) is 66.6 Å². The Kier molecular flexibility index (Phi) is 7.18. The average Bonchev–Trinajstić information content (AvgIpc) is 3.11. The SMILES string of the molecule is CC.Fc1cc(OC(F)(F)F)ccc1NSc1c[nH]c(-c2ccccc2)c1. The van der Waals surface area contributed by atoms with Crippen molar-refractivity contribution in [2.24, 2.45) is 0 Å². The van der Waals surface area contributed by atoms with E-state index in [0.717, 1.165) is 34.2 Å². The van der Waals surface area contributed by atoms with Crippen LogP contribution in [0.3, 0.4) is 0 Å². The molecule has 27 heavy (non-hydrogen) atoms. The zero-order chi connectivity index (χ0) is 19.9. The van der Waals surface area contributed by atoms with E-state index in [2.05, 4.69) is 14.4 Å². The Morgan fingerprint density at radius 1 is 1.00 bits per heavy atom. The third-order valence-corrected chi connectivity index (χ3v) is 3.99. The van der Waals surface area contributed by atoms with Gasteiger partial charge in [0.25, 0.3) is 0 Å². The number of rotatable bonds is 5. The van der Waals surface area contributed by atoms with Crippen molar-refractivity contribution < 1.29 is 22.3 Å². The molecule has 0 aliphatic carbocycles. The van der Waals surface area contributed by atoms with E-state index in [1.165, 1.54) is 6.07 Å². The van der Waals surface area contributed by atoms with Crippen molar-refractivity contribution in [1.29, 1.82) is 0 Å². The first-order valence-electron chi connectivity index (χ1n) is 8.13. The lowest BCUT2D eigenvalue weighted by molar-refractivity contribution is -0.274. The molecule has 2 aromatic carbocycles. The molecular formula is C19H18F4N2OS. The minimum absolute atomic E-state index is 0.0574. The first-order chi connectivity index (χ1) is 12.9. The number of aromatic nitrogens is 1. The van der Waals surface area contributed by atoms with Crippen LogP contribution in [0.15, 0.2) is 65.7 Å². The summed E-state index contributed by atoms with van der Waals surface area (Å²) in [6.45, 7) is 4.00. The monoisotopic (exact) mass is 398 g/mol. The van der Waals surface area contributed by atoms with Gasteiger partial charge in [-0.25, -0.2) is 4.39 Å². The molecule has 0 saturated heterocycles. The van der Waals surface area contributed by atoms with Crippen LogP contribution < -0.4 is 9.46 Å². The topological polar surface area (TPSA) is 37.0 Å². The summed E-state index contributed by atoms with van der Waals surface area (Å²) in [4.78, 5) is 3.91. The second-order valence-corrected chi connectivity index (χ2v) is 5.89. The van der Waals surface area contributed by atoms with E-state index in [0.29, 0.717) is 6.07 Å². The molecule has 0 atom stereocenters. The molecule has 3 aromatic rings. The van der Waals surface area contributed by atoms with Crippen LogP contribution in [0, 0.1) is 5.82 Å². The molecule has 1 aromatic heterocycles. The van der Waals surface area contributed by atoms with Crippen LogP contribution in [0.4, 0.5) is 23.2 Å². The predicted octanol–water partition coefficient (Wildman–Crippen LogP) is 6.86. The summed E-state index contributed by atoms with van der Waals surface area (Å²) in [5.41, 5.74) is 1.97. The minimum Gasteiger partial charge on any atom is -0.406 e. The van der Waals surface area contributed by atoms with Gasteiger partial charge in [0.2, 0.25) is 0 Å². The zero-order valence-corrected chi connectivity index (χ0v) is 15.4. The Hall–Kier alpha value is -2.61. The Morgan fingerprint density at radius 2 is 1.70 bits per heavy atom. The van der Waals surface area contributed by atoms with Crippen molar-refractivity contribution in [2.75, 3.05) is 4.72 Å². The molecule has 0 amide bonds. The van der Waals surface area contributed by atoms with E-state index in [1.54, 1.807) is 6.20 Å². The molecule has 2 N–H and O–H groups in total. The fourth-order valence-corrected chi connectivity index (χ4v) is 2.80. The van der Waals surface area contributed by atoms with Gasteiger partial charge in [0.15, 0.2) is 5.82 Å². The molecule has 3 rings (SSSR count). The lowest BCUT2D eigenvalue weighted by Crippen LogP contribution is -2.17. The predicted molar refractivity (Wildman–Crippen MR) is 100 cm³/mol. The smallest absolute Gasteiger partial charge is 0.406 e. The molecule has 144 valence electrons. The molecule has 0 spiro atoms. The van der Waals surface area contributed by atoms with E-state index in [1.807, 2.05) is 50.2 Å². The summed E-state index contributed by atoms with van der Waals surface area (Å²) in [7, 11) is 0. The van der Waals surface area contributed by atoms with Crippen LogP contribution in [0.1, 0.15) is 13.8 Å². The molecule has 0 unspecified atom stereocenters. The van der Waals surface area contributed by atoms with Gasteiger partial charge in [0, 0.05) is 22.9 Å². The van der Waals surface area contributed by atoms with Gasteiger partial charge in [-0.1, -0.05) is 44.2 Å². The molecule has 3 nitrogen and oxygen atoms in total. The third kappa shape index (κ3) is 6.25. The summed E-state index contributed by atoms with van der Waals surface area (Å²) in [6, 6.07) is 14.5. The van der Waals surface area contributed by atoms with Gasteiger partial charge >= 0.3 is 6.36 Å². The van der Waals surface area contributed by atoms with E-state index >= 15 is 0 Å². The van der Waals surface area contributed by atoms with E-state index < -0.39 is 17.9 Å². The molecule has 0 radical (unpaired) electrons. The fourth-order valence-electron chi connectivity index (χ4n) is 2.11. The van der Waals surface area contributed by atoms with Crippen molar-refractivity contribution >= 4 is 17.6 Å². The van der Waals surface area contributed by atoms with Gasteiger partial charge in [-0.3, -0.25) is 0 Å². The highest BCUT2D eigenvalue weighted by Gasteiger charge is 2.31. The van der Waals surface area contributed by atoms with Crippen LogP contribution in [-0.4, -0.2) is 11.3 Å². The molecule has 0 fully saturated rings. The fraction of sp³-hybridized carbons (Fsp3) is 0.158. The minimum atomic E-state index is -4.85. The lowest BCUT2D eigenvalue weighted by Gasteiger charge is -2.10. The lowest BCUT2D eigenvalue weighted by atomic mass is 10.2. The second kappa shape index (κ2) is 9.36. The maximum atomic E-state index is 13.9. The molecule has 0 bridgehead atoms. The van der Waals surface area contributed by atoms with Gasteiger partial charge in [0.05, 0.1) is 5.69 Å². The maximum Gasteiger partial charge on any atom is 0.573 e. The maximum absolute atomic E-state index is 13.9. The Morgan fingerprint density at radius 3 is 2.33 bits per heavy atom. The number of hydrogen-bond acceptors (Lipinski definition) is 3. The van der Waals surface area contributed by atoms with Gasteiger partial charge in [-0.2, -0.15) is 0 Å². The number of H-pyrrole nitrogens is 1. The number of ether oxygens (including phenoxy) is 1. The molecular weight excluding hydrogens is 380 g/mol. The Labute approximate surface area is 158 Å². The van der Waals surface area contributed by atoms with E-state index in [-0.39, 0.29) is 5.69 Å². The highest BCUT2D eigenvalue weighted by atomic mass is 32.2. The highest BCUT2D eigenvalue weighted by Crippen LogP contribution is 2.30. The van der Waals surface area contributed by atoms with Crippen LogP contribution in [0.25, 0.3) is 11.3 Å². The van der Waals surface area contributed by atoms with Crippen LogP contribution in [0.2, 0.25) is 0 Å². The van der Waals surface area contributed by atoms with Crippen LogP contribution in [0.5, 0.6) is 5.75 Å². The van der Waals surface area contributed by atoms with Gasteiger partial charge in [-0.05, 0) is 35.7 Å². The summed E-state index contributed by atoms with van der Waals surface area (Å²) >= 11 is 1.14. The summed E-state index contributed by atoms with van der Waals surface area (Å²) < 4.78 is 56.7. The standard InChI is InChI=1S/C17H12F4N2OS.C2H6/c18-14-8-12(24-17(19,20)21)6-7-15(14)23-25-13-9-16(22-10-13)11-4-2-1-3-5-11;1-2/h1-10,22-23H;1-2H3. The number of anilines is 1. The zero-order valence-electron chi connectivity index (χ0n) is 14.6. The number of benzene rings is 2. The number of halogens is 4. The van der Waals surface area contributed by atoms with Gasteiger partial charge in [-0.15, -0.1) is 13.2 Å². The summed E-state index contributed by atoms with van der Waals surface area (Å²) in [5.74, 6) is -1.44. The molecule has 1 heterocycles. The van der Waals surface area contributed by atoms with Gasteiger partial charge in [0.1, 0.15) is 5.75 Å². The number of hydrogen-bond donors (Lipinski definition) is 2. The molecule has 0 aliphatic rings. The Balaban J connectivity index is 0.00000126. The van der Waals surface area contributed by atoms with Crippen LogP contribution >= 0.6 is 11.9 Å². The highest BCUT2D eigenvalue weighted by molar-refractivity contribution is 8.00. The molecule has 0 saturated carbocycles. The molecule has 0 aliphatic heterocycles. The third-order valence-electron chi connectivity index (χ3n) is 3.19. The average molecular weight is 398 g/mol. The summed E-state index contributed by atoms with van der Waals surface area (Å²) in [5, 5.41) is 0. The van der Waals surface area contributed by atoms with Crippen LogP contribution in [-0.2, 0) is 0 Å². The van der Waals surface area contributed by atoms with Crippen molar-refractivity contribution in [3.63, 3.8) is 0 Å². The Bertz CT molecular complexity index is 850. The van der Waals surface area contributed by atoms with Gasteiger partial charge < -0.3 is 14.4 Å². The number of alkyl halides is 3. The number of aromatic amines is 1. The van der Waals surface area contributed by atoms with E-state index in [4.69, 9.17) is 0 Å². The van der Waals surface area contributed by atoms with E-state index in [9.17, 15) is 17.6 Å². The normalized spacial score (nSPS) is 10.7. The quantitative estimate of drug-likeness (QED) is 0.364. The molecule has 8 heteroatoms. The number of nitrogens with one attached hydrogen (secondary N) is 2. The van der Waals surface area contributed by atoms with Crippen molar-refractivity contribution in [3.8, 4) is 17.0 Å². The summed E-state index contributed by atoms with van der Waals surface area (Å²) in [6.07, 6.45) is -3.10. The van der Waals surface area contributed by atoms with Crippen molar-refractivity contribution in [2.45, 2.75) is 25.1 Å². The first-order valence-corrected chi connectivity index (χ1v) is 8.94. The second-order valence-electron chi connectivity index (χ2n) is 5.01.